The number of nitrogens with two attached hydrogens (primary N) is 1. The molecule has 0 radical (unpaired) electrons. The maximum atomic E-state index is 13.4. The number of amidine groups is 1. The van der Waals surface area contributed by atoms with E-state index in [2.05, 4.69) is 10.6 Å². The highest BCUT2D eigenvalue weighted by Gasteiger charge is 2.37. The predicted octanol–water partition coefficient (Wildman–Crippen LogP) is 1.94. The molecule has 9 nitrogen and oxygen atoms in total. The molecule has 1 aliphatic rings. The van der Waals surface area contributed by atoms with Crippen LogP contribution < -0.4 is 16.4 Å². The summed E-state index contributed by atoms with van der Waals surface area (Å²) in [6, 6.07) is 15.0. The number of nitrogen functional groups attached to an aromatic ring is 1. The number of hydrogen-bond acceptors (Lipinski definition) is 5. The minimum Gasteiger partial charge on any atom is -0.450 e. The number of benzene rings is 2. The monoisotopic (exact) mass is 465 g/mol. The van der Waals surface area contributed by atoms with Gasteiger partial charge in [0.15, 0.2) is 0 Å². The number of ether oxygens (including phenoxy) is 1. The molecule has 5 N–H and O–H groups in total. The molecule has 3 amide bonds. The third kappa shape index (κ3) is 6.57. The molecule has 180 valence electrons. The largest absolute Gasteiger partial charge is 0.450 e. The van der Waals surface area contributed by atoms with E-state index < -0.39 is 18.2 Å². The van der Waals surface area contributed by atoms with Crippen LogP contribution in [0.25, 0.3) is 0 Å². The number of amides is 3. The molecule has 0 aliphatic carbocycles. The third-order valence-corrected chi connectivity index (χ3v) is 5.72. The summed E-state index contributed by atoms with van der Waals surface area (Å²) < 4.78 is 4.99. The molecular formula is C25H31N5O4. The Morgan fingerprint density at radius 2 is 1.82 bits per heavy atom. The molecule has 34 heavy (non-hydrogen) atoms. The molecule has 2 atom stereocenters. The van der Waals surface area contributed by atoms with Crippen molar-refractivity contribution in [3.05, 3.63) is 71.3 Å². The van der Waals surface area contributed by atoms with Crippen LogP contribution in [0.2, 0.25) is 0 Å². The fourth-order valence-corrected chi connectivity index (χ4v) is 3.98. The zero-order valence-electron chi connectivity index (χ0n) is 19.3. The number of hydrogen-bond donors (Lipinski definition) is 4. The number of nitrogens with one attached hydrogen (secondary N) is 3. The summed E-state index contributed by atoms with van der Waals surface area (Å²) in [5, 5.41) is 13.0. The molecule has 0 bridgehead atoms. The number of likely N-dealkylation sites (tertiary alicyclic amines) is 1. The average Bonchev–Trinajstić information content (AvgIpc) is 3.33. The Labute approximate surface area is 199 Å². The van der Waals surface area contributed by atoms with Crippen LogP contribution in [0.4, 0.5) is 4.79 Å². The lowest BCUT2D eigenvalue weighted by Gasteiger charge is -2.28. The van der Waals surface area contributed by atoms with Gasteiger partial charge in [0.1, 0.15) is 17.9 Å². The number of nitrogens with zero attached hydrogens (tertiary/aromatic N) is 1. The lowest BCUT2D eigenvalue weighted by Crippen LogP contribution is -2.54. The van der Waals surface area contributed by atoms with E-state index >= 15 is 0 Å². The van der Waals surface area contributed by atoms with E-state index in [9.17, 15) is 14.4 Å². The van der Waals surface area contributed by atoms with Crippen LogP contribution in [-0.2, 0) is 27.3 Å². The van der Waals surface area contributed by atoms with Gasteiger partial charge in [-0.2, -0.15) is 0 Å². The number of carbonyl (C=O) groups excluding carboxylic acids is 3. The second-order valence-corrected chi connectivity index (χ2v) is 8.13. The Bertz CT molecular complexity index is 1010. The van der Waals surface area contributed by atoms with E-state index in [1.165, 1.54) is 0 Å². The molecule has 1 fully saturated rings. The molecule has 0 saturated carbocycles. The van der Waals surface area contributed by atoms with Crippen molar-refractivity contribution in [2.75, 3.05) is 13.2 Å². The minimum atomic E-state index is -0.839. The van der Waals surface area contributed by atoms with Crippen LogP contribution in [0, 0.1) is 5.41 Å². The number of alkyl carbamates (subject to hydrolysis) is 1. The zero-order chi connectivity index (χ0) is 24.5. The summed E-state index contributed by atoms with van der Waals surface area (Å²) in [6.45, 7) is 2.63. The van der Waals surface area contributed by atoms with Gasteiger partial charge in [0.05, 0.1) is 6.61 Å². The van der Waals surface area contributed by atoms with E-state index in [0.717, 1.165) is 11.1 Å². The summed E-state index contributed by atoms with van der Waals surface area (Å²) in [5.74, 6) is -0.561. The smallest absolute Gasteiger partial charge is 0.407 e. The van der Waals surface area contributed by atoms with Gasteiger partial charge in [-0.05, 0) is 30.9 Å². The Balaban J connectivity index is 1.66. The first-order valence-electron chi connectivity index (χ1n) is 11.4. The highest BCUT2D eigenvalue weighted by molar-refractivity contribution is 5.95. The summed E-state index contributed by atoms with van der Waals surface area (Å²) >= 11 is 0. The average molecular weight is 466 g/mol. The lowest BCUT2D eigenvalue weighted by molar-refractivity contribution is -0.140. The van der Waals surface area contributed by atoms with Crippen LogP contribution in [0.1, 0.15) is 36.5 Å². The van der Waals surface area contributed by atoms with Gasteiger partial charge in [-0.15, -0.1) is 0 Å². The number of rotatable bonds is 9. The highest BCUT2D eigenvalue weighted by Crippen LogP contribution is 2.20. The molecule has 2 unspecified atom stereocenters. The first kappa shape index (κ1) is 24.8. The summed E-state index contributed by atoms with van der Waals surface area (Å²) in [4.78, 5) is 40.0. The van der Waals surface area contributed by atoms with E-state index in [-0.39, 0.29) is 24.3 Å². The van der Waals surface area contributed by atoms with Gasteiger partial charge in [0, 0.05) is 25.1 Å². The van der Waals surface area contributed by atoms with Crippen molar-refractivity contribution in [1.29, 1.82) is 5.41 Å². The number of carbonyl (C=O) groups is 3. The van der Waals surface area contributed by atoms with Gasteiger partial charge in [0.2, 0.25) is 11.8 Å². The summed E-state index contributed by atoms with van der Waals surface area (Å²) in [7, 11) is 0. The first-order chi connectivity index (χ1) is 16.4. The van der Waals surface area contributed by atoms with Gasteiger partial charge < -0.3 is 26.0 Å². The van der Waals surface area contributed by atoms with Crippen molar-refractivity contribution in [2.24, 2.45) is 5.73 Å². The maximum Gasteiger partial charge on any atom is 0.407 e. The molecule has 2 aromatic rings. The van der Waals surface area contributed by atoms with E-state index in [4.69, 9.17) is 15.9 Å². The first-order valence-corrected chi connectivity index (χ1v) is 11.4. The molecule has 0 aromatic heterocycles. The summed E-state index contributed by atoms with van der Waals surface area (Å²) in [6.07, 6.45) is 0.893. The van der Waals surface area contributed by atoms with Crippen molar-refractivity contribution in [1.82, 2.24) is 15.5 Å². The van der Waals surface area contributed by atoms with Gasteiger partial charge in [-0.1, -0.05) is 54.6 Å². The topological polar surface area (TPSA) is 138 Å². The predicted molar refractivity (Wildman–Crippen MR) is 128 cm³/mol. The standard InChI is InChI=1S/C25H31N5O4/c1-2-34-25(33)29-20(15-17-7-4-3-5-8-17)24(32)30-14-6-9-21(30)23(31)28-16-18-10-12-19(13-11-18)22(26)27/h3-5,7-8,10-13,20-21H,2,6,9,14-16H2,1H3,(H3,26,27)(H,28,31)(H,29,33). The fourth-order valence-electron chi connectivity index (χ4n) is 3.98. The summed E-state index contributed by atoms with van der Waals surface area (Å²) in [5.41, 5.74) is 7.84. The lowest BCUT2D eigenvalue weighted by atomic mass is 10.0. The van der Waals surface area contributed by atoms with Gasteiger partial charge in [-0.25, -0.2) is 4.79 Å². The fraction of sp³-hybridized carbons (Fsp3) is 0.360. The van der Waals surface area contributed by atoms with Crippen LogP contribution in [-0.4, -0.2) is 53.9 Å². The molecule has 1 saturated heterocycles. The quantitative estimate of drug-likeness (QED) is 0.331. The van der Waals surface area contributed by atoms with Crippen molar-refractivity contribution in [3.8, 4) is 0 Å². The van der Waals surface area contributed by atoms with Gasteiger partial charge in [-0.3, -0.25) is 15.0 Å². The Hall–Kier alpha value is -3.88. The van der Waals surface area contributed by atoms with Gasteiger partial charge >= 0.3 is 6.09 Å². The second-order valence-electron chi connectivity index (χ2n) is 8.13. The van der Waals surface area contributed by atoms with Crippen LogP contribution >= 0.6 is 0 Å². The van der Waals surface area contributed by atoms with Gasteiger partial charge in [0.25, 0.3) is 0 Å². The Kier molecular flexibility index (Phi) is 8.61. The molecule has 2 aromatic carbocycles. The Morgan fingerprint density at radius 3 is 2.47 bits per heavy atom. The van der Waals surface area contributed by atoms with Crippen molar-refractivity contribution >= 4 is 23.7 Å². The molecule has 1 heterocycles. The van der Waals surface area contributed by atoms with Crippen LogP contribution in [0.5, 0.6) is 0 Å². The van der Waals surface area contributed by atoms with Crippen LogP contribution in [0.15, 0.2) is 54.6 Å². The van der Waals surface area contributed by atoms with E-state index in [1.807, 2.05) is 30.3 Å². The van der Waals surface area contributed by atoms with Crippen molar-refractivity contribution in [2.45, 2.75) is 44.8 Å². The molecule has 0 spiro atoms. The molecular weight excluding hydrogens is 434 g/mol. The third-order valence-electron chi connectivity index (χ3n) is 5.72. The highest BCUT2D eigenvalue weighted by atomic mass is 16.5. The van der Waals surface area contributed by atoms with Crippen molar-refractivity contribution in [3.63, 3.8) is 0 Å². The minimum absolute atomic E-state index is 0.0165. The Morgan fingerprint density at radius 1 is 1.12 bits per heavy atom. The molecule has 3 rings (SSSR count). The molecule has 1 aliphatic heterocycles. The SMILES string of the molecule is CCOC(=O)NC(Cc1ccccc1)C(=O)N1CCCC1C(=O)NCc1ccc(C(=N)N)cc1. The maximum absolute atomic E-state index is 13.4. The van der Waals surface area contributed by atoms with Crippen LogP contribution in [0.3, 0.4) is 0 Å². The van der Waals surface area contributed by atoms with E-state index in [1.54, 1.807) is 36.1 Å². The molecule has 9 heteroatoms. The van der Waals surface area contributed by atoms with E-state index in [0.29, 0.717) is 37.9 Å². The second kappa shape index (κ2) is 11.8. The zero-order valence-corrected chi connectivity index (χ0v) is 19.3. The van der Waals surface area contributed by atoms with Crippen molar-refractivity contribution < 1.29 is 19.1 Å². The normalized spacial score (nSPS) is 15.9.